The molecule has 7 nitrogen and oxygen atoms in total. The number of rotatable bonds is 8. The monoisotopic (exact) mass is 733 g/mol. The Kier molecular flexibility index (Phi) is 9.47. The summed E-state index contributed by atoms with van der Waals surface area (Å²) in [5, 5.41) is 3.92. The van der Waals surface area contributed by atoms with Gasteiger partial charge in [-0.3, -0.25) is 14.2 Å². The molecular weight excluding hydrogens is 709 g/mol. The third-order valence-electron chi connectivity index (χ3n) is 7.34. The molecule has 0 aliphatic carbocycles. The highest BCUT2D eigenvalue weighted by molar-refractivity contribution is 9.10. The fraction of sp³-hybridized carbons (Fsp3) is 0.114. The van der Waals surface area contributed by atoms with E-state index in [1.807, 2.05) is 84.9 Å². The van der Waals surface area contributed by atoms with Gasteiger partial charge in [-0.15, -0.1) is 0 Å². The first-order valence-corrected chi connectivity index (χ1v) is 16.5. The number of hydrogen-bond donors (Lipinski definition) is 1. The van der Waals surface area contributed by atoms with Crippen LogP contribution in [0.2, 0.25) is 10.0 Å². The molecule has 5 aromatic rings. The van der Waals surface area contributed by atoms with Crippen molar-refractivity contribution in [3.63, 3.8) is 0 Å². The Bertz CT molecular complexity index is 2180. The Morgan fingerprint density at radius 3 is 2.57 bits per heavy atom. The molecule has 0 unspecified atom stereocenters. The molecule has 2 heterocycles. The lowest BCUT2D eigenvalue weighted by atomic mass is 9.95. The van der Waals surface area contributed by atoms with Gasteiger partial charge in [0.1, 0.15) is 18.1 Å². The number of carbonyl (C=O) groups excluding carboxylic acids is 1. The van der Waals surface area contributed by atoms with E-state index in [1.54, 1.807) is 30.7 Å². The van der Waals surface area contributed by atoms with Crippen LogP contribution >= 0.6 is 50.5 Å². The van der Waals surface area contributed by atoms with Crippen LogP contribution in [0, 0.1) is 0 Å². The lowest BCUT2D eigenvalue weighted by Crippen LogP contribution is -2.40. The minimum atomic E-state index is -0.721. The van der Waals surface area contributed by atoms with Gasteiger partial charge in [-0.2, -0.15) is 0 Å². The maximum Gasteiger partial charge on any atom is 0.271 e. The van der Waals surface area contributed by atoms with Gasteiger partial charge in [-0.05, 0) is 94.2 Å². The second-order valence-corrected chi connectivity index (χ2v) is 13.1. The highest BCUT2D eigenvalue weighted by Gasteiger charge is 2.32. The molecule has 232 valence electrons. The first kappa shape index (κ1) is 31.8. The molecule has 1 aliphatic rings. The van der Waals surface area contributed by atoms with E-state index in [4.69, 9.17) is 37.7 Å². The third kappa shape index (κ3) is 6.69. The number of benzene rings is 4. The van der Waals surface area contributed by atoms with Crippen LogP contribution in [-0.2, 0) is 11.4 Å². The van der Waals surface area contributed by atoms with Crippen LogP contribution in [0.15, 0.2) is 117 Å². The molecule has 46 heavy (non-hydrogen) atoms. The summed E-state index contributed by atoms with van der Waals surface area (Å²) in [4.78, 5) is 33.1. The number of hydrogen-bond acceptors (Lipinski definition) is 6. The molecule has 0 radical (unpaired) electrons. The molecule has 1 amide bonds. The Hall–Kier alpha value is -4.15. The van der Waals surface area contributed by atoms with Gasteiger partial charge < -0.3 is 14.8 Å². The number of thiazole rings is 1. The predicted molar refractivity (Wildman–Crippen MR) is 187 cm³/mol. The van der Waals surface area contributed by atoms with Gasteiger partial charge in [-0.25, -0.2) is 4.99 Å². The molecule has 4 aromatic carbocycles. The van der Waals surface area contributed by atoms with Crippen molar-refractivity contribution in [1.29, 1.82) is 0 Å². The molecule has 1 N–H and O–H groups in total. The lowest BCUT2D eigenvalue weighted by Gasteiger charge is -2.25. The smallest absolute Gasteiger partial charge is 0.271 e. The van der Waals surface area contributed by atoms with Crippen LogP contribution in [0.5, 0.6) is 11.5 Å². The molecule has 1 aliphatic heterocycles. The fourth-order valence-electron chi connectivity index (χ4n) is 5.12. The number of anilines is 1. The number of aromatic nitrogens is 1. The highest BCUT2D eigenvalue weighted by atomic mass is 79.9. The third-order valence-corrected chi connectivity index (χ3v) is 9.68. The van der Waals surface area contributed by atoms with Crippen molar-refractivity contribution in [2.75, 3.05) is 12.4 Å². The highest BCUT2D eigenvalue weighted by Crippen LogP contribution is 2.33. The van der Waals surface area contributed by atoms with Gasteiger partial charge in [0.05, 0.1) is 43.5 Å². The van der Waals surface area contributed by atoms with E-state index < -0.39 is 6.04 Å². The standard InChI is InChI=1S/C35H26BrCl2N3O4S/c1-20-31(33(42)40-24-8-4-3-5-9-24)32(23-7-6-10-25(18-23)44-2)41-34(43)30(46-35(41)39-20)17-21-12-14-29(26(36)15-21)45-19-22-11-13-27(37)28(38)16-22/h3-18,32H,19H2,1-2H3,(H,40,42)/b30-17-/t32-/m0/s1. The number of ether oxygens (including phenoxy) is 2. The number of nitrogens with one attached hydrogen (secondary N) is 1. The van der Waals surface area contributed by atoms with Crippen molar-refractivity contribution in [2.24, 2.45) is 4.99 Å². The summed E-state index contributed by atoms with van der Waals surface area (Å²) in [5.74, 6) is 0.908. The van der Waals surface area contributed by atoms with E-state index in [9.17, 15) is 9.59 Å². The second kappa shape index (κ2) is 13.7. The number of methoxy groups -OCH3 is 1. The lowest BCUT2D eigenvalue weighted by molar-refractivity contribution is -0.113. The van der Waals surface area contributed by atoms with Gasteiger partial charge in [-0.1, -0.05) is 77.0 Å². The van der Waals surface area contributed by atoms with Crippen LogP contribution in [0.4, 0.5) is 5.69 Å². The number of carbonyl (C=O) groups is 1. The summed E-state index contributed by atoms with van der Waals surface area (Å²) in [6, 6.07) is 26.8. The molecule has 0 saturated carbocycles. The number of amides is 1. The summed E-state index contributed by atoms with van der Waals surface area (Å²) in [6.45, 7) is 2.09. The average molecular weight is 735 g/mol. The largest absolute Gasteiger partial charge is 0.497 e. The molecule has 0 spiro atoms. The average Bonchev–Trinajstić information content (AvgIpc) is 3.35. The maximum absolute atomic E-state index is 14.1. The SMILES string of the molecule is COc1cccc([C@H]2C(C(=O)Nc3ccccc3)=C(C)N=c3s/c(=C\c4ccc(OCc5ccc(Cl)c(Cl)c5)c(Br)c4)c(=O)n32)c1. The van der Waals surface area contributed by atoms with E-state index in [1.165, 1.54) is 11.3 Å². The molecule has 11 heteroatoms. The van der Waals surface area contributed by atoms with E-state index in [0.717, 1.165) is 21.2 Å². The van der Waals surface area contributed by atoms with Gasteiger partial charge in [0, 0.05) is 5.69 Å². The second-order valence-electron chi connectivity index (χ2n) is 10.4. The summed E-state index contributed by atoms with van der Waals surface area (Å²) in [6.07, 6.45) is 1.81. The van der Waals surface area contributed by atoms with Crippen LogP contribution in [-0.4, -0.2) is 17.6 Å². The first-order chi connectivity index (χ1) is 22.2. The Morgan fingerprint density at radius 1 is 1.02 bits per heavy atom. The number of nitrogens with zero attached hydrogens (tertiary/aromatic N) is 2. The summed E-state index contributed by atoms with van der Waals surface area (Å²) >= 11 is 17.0. The normalized spacial score (nSPS) is 14.5. The van der Waals surface area contributed by atoms with Gasteiger partial charge in [0.15, 0.2) is 4.80 Å². The van der Waals surface area contributed by atoms with Crippen molar-refractivity contribution in [3.8, 4) is 11.5 Å². The maximum atomic E-state index is 14.1. The Morgan fingerprint density at radius 2 is 1.83 bits per heavy atom. The summed E-state index contributed by atoms with van der Waals surface area (Å²) < 4.78 is 14.3. The van der Waals surface area contributed by atoms with Gasteiger partial charge in [0.2, 0.25) is 0 Å². The molecule has 6 rings (SSSR count). The van der Waals surface area contributed by atoms with Crippen LogP contribution in [0.1, 0.15) is 29.7 Å². The van der Waals surface area contributed by atoms with E-state index >= 15 is 0 Å². The topological polar surface area (TPSA) is 81.9 Å². The summed E-state index contributed by atoms with van der Waals surface area (Å²) in [5.41, 5.74) is 3.68. The van der Waals surface area contributed by atoms with E-state index in [0.29, 0.717) is 54.4 Å². The molecule has 0 bridgehead atoms. The molecule has 1 aromatic heterocycles. The zero-order chi connectivity index (χ0) is 32.4. The number of allylic oxidation sites excluding steroid dienone is 1. The van der Waals surface area contributed by atoms with E-state index in [2.05, 4.69) is 21.2 Å². The molecule has 0 saturated heterocycles. The number of para-hydroxylation sites is 1. The van der Waals surface area contributed by atoms with Crippen molar-refractivity contribution in [2.45, 2.75) is 19.6 Å². The van der Waals surface area contributed by atoms with Crippen molar-refractivity contribution >= 4 is 68.1 Å². The summed E-state index contributed by atoms with van der Waals surface area (Å²) in [7, 11) is 1.58. The van der Waals surface area contributed by atoms with Crippen LogP contribution in [0.25, 0.3) is 6.08 Å². The number of fused-ring (bicyclic) bond motifs is 1. The van der Waals surface area contributed by atoms with Gasteiger partial charge >= 0.3 is 0 Å². The van der Waals surface area contributed by atoms with Gasteiger partial charge in [0.25, 0.3) is 11.5 Å². The minimum absolute atomic E-state index is 0.259. The minimum Gasteiger partial charge on any atom is -0.497 e. The van der Waals surface area contributed by atoms with Crippen molar-refractivity contribution in [3.05, 3.63) is 153 Å². The number of halogens is 3. The zero-order valence-corrected chi connectivity index (χ0v) is 28.5. The Labute approximate surface area is 287 Å². The Balaban J connectivity index is 1.36. The van der Waals surface area contributed by atoms with Crippen LogP contribution < -0.4 is 29.7 Å². The van der Waals surface area contributed by atoms with Crippen molar-refractivity contribution < 1.29 is 14.3 Å². The zero-order valence-electron chi connectivity index (χ0n) is 24.6. The molecular formula is C35H26BrCl2N3O4S. The predicted octanol–water partition coefficient (Wildman–Crippen LogP) is 7.53. The molecule has 1 atom stereocenters. The first-order valence-electron chi connectivity index (χ1n) is 14.1. The fourth-order valence-corrected chi connectivity index (χ4v) is 7.00. The van der Waals surface area contributed by atoms with E-state index in [-0.39, 0.29) is 11.5 Å². The molecule has 0 fully saturated rings. The quantitative estimate of drug-likeness (QED) is 0.179. The van der Waals surface area contributed by atoms with Crippen molar-refractivity contribution in [1.82, 2.24) is 4.57 Å². The van der Waals surface area contributed by atoms with Crippen LogP contribution in [0.3, 0.4) is 0 Å².